The molecule has 1 saturated heterocycles. The first-order chi connectivity index (χ1) is 10.6. The van der Waals surface area contributed by atoms with Gasteiger partial charge >= 0.3 is 6.09 Å². The summed E-state index contributed by atoms with van der Waals surface area (Å²) in [6.45, 7) is 7.14. The zero-order valence-electron chi connectivity index (χ0n) is 13.1. The van der Waals surface area contributed by atoms with Gasteiger partial charge < -0.3 is 15.0 Å². The summed E-state index contributed by atoms with van der Waals surface area (Å²) in [5.74, 6) is 0.0190. The number of nitrogens with one attached hydrogen (secondary N) is 1. The van der Waals surface area contributed by atoms with Gasteiger partial charge in [0.2, 0.25) is 5.91 Å². The van der Waals surface area contributed by atoms with Crippen molar-refractivity contribution in [3.05, 3.63) is 22.4 Å². The molecular weight excluding hydrogens is 302 g/mol. The van der Waals surface area contributed by atoms with Crippen LogP contribution in [-0.4, -0.2) is 61.1 Å². The van der Waals surface area contributed by atoms with Crippen molar-refractivity contribution in [3.63, 3.8) is 0 Å². The van der Waals surface area contributed by atoms with Gasteiger partial charge in [0.05, 0.1) is 19.2 Å². The predicted molar refractivity (Wildman–Crippen MR) is 85.9 cm³/mol. The van der Waals surface area contributed by atoms with Gasteiger partial charge in [0.25, 0.3) is 0 Å². The Bertz CT molecular complexity index is 484. The molecule has 0 aromatic carbocycles. The van der Waals surface area contributed by atoms with Crippen LogP contribution in [0, 0.1) is 0 Å². The van der Waals surface area contributed by atoms with Crippen molar-refractivity contribution in [2.24, 2.45) is 0 Å². The highest BCUT2D eigenvalue weighted by atomic mass is 32.1. The maximum Gasteiger partial charge on any atom is 0.409 e. The molecule has 1 aromatic heterocycles. The molecule has 7 heteroatoms. The minimum atomic E-state index is -0.266. The maximum absolute atomic E-state index is 12.1. The van der Waals surface area contributed by atoms with Crippen LogP contribution >= 0.6 is 11.3 Å². The van der Waals surface area contributed by atoms with Crippen molar-refractivity contribution in [1.29, 1.82) is 0 Å². The van der Waals surface area contributed by atoms with E-state index in [0.29, 0.717) is 39.3 Å². The van der Waals surface area contributed by atoms with Crippen LogP contribution in [0.3, 0.4) is 0 Å². The first kappa shape index (κ1) is 16.8. The number of amides is 2. The minimum absolute atomic E-state index is 0.0190. The first-order valence-electron chi connectivity index (χ1n) is 7.57. The Hall–Kier alpha value is -1.60. The van der Waals surface area contributed by atoms with E-state index in [9.17, 15) is 9.59 Å². The highest BCUT2D eigenvalue weighted by Crippen LogP contribution is 2.17. The minimum Gasteiger partial charge on any atom is -0.450 e. The van der Waals surface area contributed by atoms with Crippen molar-refractivity contribution < 1.29 is 14.3 Å². The lowest BCUT2D eigenvalue weighted by molar-refractivity contribution is -0.123. The van der Waals surface area contributed by atoms with E-state index in [1.807, 2.05) is 24.4 Å². The van der Waals surface area contributed by atoms with Crippen LogP contribution in [0.15, 0.2) is 17.5 Å². The predicted octanol–water partition coefficient (Wildman–Crippen LogP) is 1.70. The summed E-state index contributed by atoms with van der Waals surface area (Å²) in [6, 6.07) is 4.04. The van der Waals surface area contributed by atoms with Crippen LogP contribution < -0.4 is 5.32 Å². The largest absolute Gasteiger partial charge is 0.450 e. The van der Waals surface area contributed by atoms with Gasteiger partial charge in [0.15, 0.2) is 0 Å². The van der Waals surface area contributed by atoms with Crippen molar-refractivity contribution in [2.75, 3.05) is 39.3 Å². The molecule has 1 aliphatic heterocycles. The van der Waals surface area contributed by atoms with E-state index in [1.54, 1.807) is 23.2 Å². The second kappa shape index (κ2) is 8.14. The average Bonchev–Trinajstić information content (AvgIpc) is 3.02. The zero-order chi connectivity index (χ0) is 15.9. The normalized spacial score (nSPS) is 17.1. The molecule has 1 fully saturated rings. The van der Waals surface area contributed by atoms with Gasteiger partial charge in [-0.1, -0.05) is 6.07 Å². The second-order valence-electron chi connectivity index (χ2n) is 5.27. The fourth-order valence-corrected chi connectivity index (χ4v) is 3.14. The number of rotatable bonds is 5. The van der Waals surface area contributed by atoms with Crippen LogP contribution in [0.4, 0.5) is 4.79 Å². The Kier molecular flexibility index (Phi) is 6.21. The SMILES string of the molecule is CCOC(=O)N1CCN(CC(=O)NC(C)c2cccs2)CC1. The van der Waals surface area contributed by atoms with Crippen molar-refractivity contribution >= 4 is 23.3 Å². The van der Waals surface area contributed by atoms with Crippen molar-refractivity contribution in [1.82, 2.24) is 15.1 Å². The van der Waals surface area contributed by atoms with Gasteiger partial charge in [0, 0.05) is 31.1 Å². The molecule has 1 unspecified atom stereocenters. The zero-order valence-corrected chi connectivity index (χ0v) is 13.9. The summed E-state index contributed by atoms with van der Waals surface area (Å²) in [5, 5.41) is 5.01. The molecule has 2 rings (SSSR count). The van der Waals surface area contributed by atoms with Crippen molar-refractivity contribution in [2.45, 2.75) is 19.9 Å². The van der Waals surface area contributed by atoms with E-state index in [1.165, 1.54) is 0 Å². The molecule has 1 aromatic rings. The molecule has 1 N–H and O–H groups in total. The Morgan fingerprint density at radius 2 is 2.09 bits per heavy atom. The van der Waals surface area contributed by atoms with Gasteiger partial charge in [-0.15, -0.1) is 11.3 Å². The lowest BCUT2D eigenvalue weighted by Gasteiger charge is -2.33. The fourth-order valence-electron chi connectivity index (χ4n) is 2.40. The summed E-state index contributed by atoms with van der Waals surface area (Å²) >= 11 is 1.64. The molecule has 1 atom stereocenters. The van der Waals surface area contributed by atoms with Crippen LogP contribution in [0.5, 0.6) is 0 Å². The summed E-state index contributed by atoms with van der Waals surface area (Å²) in [5.41, 5.74) is 0. The van der Waals surface area contributed by atoms with E-state index >= 15 is 0 Å². The molecule has 0 radical (unpaired) electrons. The molecule has 22 heavy (non-hydrogen) atoms. The standard InChI is InChI=1S/C15H23N3O3S/c1-3-21-15(20)18-8-6-17(7-9-18)11-14(19)16-12(2)13-5-4-10-22-13/h4-5,10,12H,3,6-9,11H2,1-2H3,(H,16,19). The number of piperazine rings is 1. The number of hydrogen-bond donors (Lipinski definition) is 1. The molecule has 0 spiro atoms. The third kappa shape index (κ3) is 4.71. The quantitative estimate of drug-likeness (QED) is 0.895. The van der Waals surface area contributed by atoms with Gasteiger partial charge in [-0.05, 0) is 25.3 Å². The van der Waals surface area contributed by atoms with E-state index in [-0.39, 0.29) is 18.0 Å². The molecule has 0 saturated carbocycles. The third-order valence-corrected chi connectivity index (χ3v) is 4.67. The van der Waals surface area contributed by atoms with Crippen LogP contribution in [0.1, 0.15) is 24.8 Å². The summed E-state index contributed by atoms with van der Waals surface area (Å²) < 4.78 is 4.98. The number of thiophene rings is 1. The van der Waals surface area contributed by atoms with E-state index in [4.69, 9.17) is 4.74 Å². The van der Waals surface area contributed by atoms with Crippen LogP contribution in [0.2, 0.25) is 0 Å². The molecule has 6 nitrogen and oxygen atoms in total. The molecule has 2 heterocycles. The average molecular weight is 325 g/mol. The van der Waals surface area contributed by atoms with Crippen LogP contribution in [-0.2, 0) is 9.53 Å². The second-order valence-corrected chi connectivity index (χ2v) is 6.25. The number of hydrogen-bond acceptors (Lipinski definition) is 5. The Morgan fingerprint density at radius 1 is 1.36 bits per heavy atom. The third-order valence-electron chi connectivity index (χ3n) is 3.61. The molecule has 1 aliphatic rings. The first-order valence-corrected chi connectivity index (χ1v) is 8.45. The summed E-state index contributed by atoms with van der Waals surface area (Å²) in [6.07, 6.45) is -0.266. The lowest BCUT2D eigenvalue weighted by atomic mass is 10.2. The Morgan fingerprint density at radius 3 is 2.68 bits per heavy atom. The van der Waals surface area contributed by atoms with E-state index < -0.39 is 0 Å². The Balaban J connectivity index is 1.71. The topological polar surface area (TPSA) is 61.9 Å². The maximum atomic E-state index is 12.1. The van der Waals surface area contributed by atoms with Gasteiger partial charge in [-0.25, -0.2) is 4.79 Å². The van der Waals surface area contributed by atoms with Crippen molar-refractivity contribution in [3.8, 4) is 0 Å². The number of carbonyl (C=O) groups excluding carboxylic acids is 2. The highest BCUT2D eigenvalue weighted by molar-refractivity contribution is 7.10. The number of nitrogens with zero attached hydrogens (tertiary/aromatic N) is 2. The van der Waals surface area contributed by atoms with E-state index in [0.717, 1.165) is 4.88 Å². The molecule has 2 amide bonds. The number of carbonyl (C=O) groups is 2. The molecule has 0 aliphatic carbocycles. The molecule has 122 valence electrons. The number of ether oxygens (including phenoxy) is 1. The van der Waals surface area contributed by atoms with Gasteiger partial charge in [0.1, 0.15) is 0 Å². The van der Waals surface area contributed by atoms with E-state index in [2.05, 4.69) is 10.2 Å². The molecular formula is C15H23N3O3S. The van der Waals surface area contributed by atoms with Gasteiger partial charge in [-0.3, -0.25) is 9.69 Å². The fraction of sp³-hybridized carbons (Fsp3) is 0.600. The monoisotopic (exact) mass is 325 g/mol. The van der Waals surface area contributed by atoms with Crippen LogP contribution in [0.25, 0.3) is 0 Å². The molecule has 0 bridgehead atoms. The Labute approximate surface area is 135 Å². The van der Waals surface area contributed by atoms with Gasteiger partial charge in [-0.2, -0.15) is 0 Å². The highest BCUT2D eigenvalue weighted by Gasteiger charge is 2.23. The lowest BCUT2D eigenvalue weighted by Crippen LogP contribution is -2.51. The smallest absolute Gasteiger partial charge is 0.409 e. The summed E-state index contributed by atoms with van der Waals surface area (Å²) in [7, 11) is 0. The summed E-state index contributed by atoms with van der Waals surface area (Å²) in [4.78, 5) is 28.6.